The fourth-order valence-corrected chi connectivity index (χ4v) is 4.86. The summed E-state index contributed by atoms with van der Waals surface area (Å²) in [6.45, 7) is 0.517. The first-order chi connectivity index (χ1) is 20.0. The van der Waals surface area contributed by atoms with Gasteiger partial charge in [-0.3, -0.25) is 0 Å². The molecule has 1 aliphatic carbocycles. The van der Waals surface area contributed by atoms with Crippen LogP contribution in [0.2, 0.25) is 0 Å². The minimum Gasteiger partial charge on any atom is -0.476 e. The Morgan fingerprint density at radius 1 is 0.878 bits per heavy atom. The van der Waals surface area contributed by atoms with Crippen LogP contribution in [0.3, 0.4) is 0 Å². The maximum Gasteiger partial charge on any atom is 0.407 e. The Labute approximate surface area is 236 Å². The van der Waals surface area contributed by atoms with Crippen LogP contribution in [-0.2, 0) is 16.1 Å². The number of hydrogen-bond acceptors (Lipinski definition) is 7. The SMILES string of the molecule is O=C(NCCC[C@H](NC(=O)OCC1c2ccccc2-c2ccccc21)c1nc(C(=O)O)co1)OCc1ccccc1. The molecule has 10 nitrogen and oxygen atoms in total. The van der Waals surface area contributed by atoms with Crippen molar-refractivity contribution in [3.05, 3.63) is 113 Å². The topological polar surface area (TPSA) is 140 Å². The number of aromatic carboxylic acids is 1. The number of carbonyl (C=O) groups excluding carboxylic acids is 2. The molecule has 0 spiro atoms. The van der Waals surface area contributed by atoms with Crippen molar-refractivity contribution in [3.8, 4) is 11.1 Å². The highest BCUT2D eigenvalue weighted by atomic mass is 16.6. The van der Waals surface area contributed by atoms with Gasteiger partial charge in [-0.05, 0) is 40.7 Å². The lowest BCUT2D eigenvalue weighted by Crippen LogP contribution is -2.32. The number of carbonyl (C=O) groups is 3. The normalized spacial score (nSPS) is 12.6. The lowest BCUT2D eigenvalue weighted by molar-refractivity contribution is 0.0690. The summed E-state index contributed by atoms with van der Waals surface area (Å²) in [6, 6.07) is 24.6. The molecule has 10 heteroatoms. The largest absolute Gasteiger partial charge is 0.476 e. The smallest absolute Gasteiger partial charge is 0.407 e. The Kier molecular flexibility index (Phi) is 8.58. The van der Waals surface area contributed by atoms with Gasteiger partial charge in [-0.1, -0.05) is 78.9 Å². The van der Waals surface area contributed by atoms with Crippen molar-refractivity contribution >= 4 is 18.2 Å². The molecule has 0 unspecified atom stereocenters. The Balaban J connectivity index is 1.17. The molecule has 1 aromatic heterocycles. The van der Waals surface area contributed by atoms with Crippen LogP contribution in [0.25, 0.3) is 11.1 Å². The number of alkyl carbamates (subject to hydrolysis) is 2. The molecule has 0 saturated carbocycles. The molecular formula is C31H29N3O7. The van der Waals surface area contributed by atoms with Crippen molar-refractivity contribution in [1.82, 2.24) is 15.6 Å². The molecule has 210 valence electrons. The third kappa shape index (κ3) is 6.73. The first-order valence-corrected chi connectivity index (χ1v) is 13.2. The van der Waals surface area contributed by atoms with Gasteiger partial charge in [-0.2, -0.15) is 0 Å². The van der Waals surface area contributed by atoms with Crippen LogP contribution in [0.1, 0.15) is 57.9 Å². The number of aromatic nitrogens is 1. The van der Waals surface area contributed by atoms with Gasteiger partial charge in [0.1, 0.15) is 25.5 Å². The summed E-state index contributed by atoms with van der Waals surface area (Å²) < 4.78 is 16.2. The zero-order valence-corrected chi connectivity index (χ0v) is 22.1. The quantitative estimate of drug-likeness (QED) is 0.202. The first kappa shape index (κ1) is 27.4. The number of benzene rings is 3. The fourth-order valence-electron chi connectivity index (χ4n) is 4.86. The monoisotopic (exact) mass is 555 g/mol. The predicted molar refractivity (Wildman–Crippen MR) is 148 cm³/mol. The van der Waals surface area contributed by atoms with Crippen LogP contribution in [0, 0.1) is 0 Å². The van der Waals surface area contributed by atoms with Gasteiger partial charge in [0.15, 0.2) is 5.69 Å². The standard InChI is InChI=1S/C31H29N3O7/c35-29(36)27-19-39-28(33-27)26(15-8-16-32-30(37)40-17-20-9-2-1-3-10-20)34-31(38)41-18-25-23-13-6-4-11-21(23)22-12-5-7-14-24(22)25/h1-7,9-14,19,25-26H,8,15-18H2,(H,32,37)(H,34,38)(H,35,36)/t26-/m0/s1. The molecule has 41 heavy (non-hydrogen) atoms. The summed E-state index contributed by atoms with van der Waals surface area (Å²) in [4.78, 5) is 40.3. The lowest BCUT2D eigenvalue weighted by Gasteiger charge is -2.18. The van der Waals surface area contributed by atoms with Gasteiger partial charge in [0.05, 0.1) is 0 Å². The molecule has 4 aromatic rings. The number of nitrogens with one attached hydrogen (secondary N) is 2. The van der Waals surface area contributed by atoms with Crippen LogP contribution in [0.15, 0.2) is 89.5 Å². The molecule has 1 heterocycles. The molecule has 3 aromatic carbocycles. The highest BCUT2D eigenvalue weighted by molar-refractivity contribution is 5.84. The predicted octanol–water partition coefficient (Wildman–Crippen LogP) is 5.66. The van der Waals surface area contributed by atoms with Crippen molar-refractivity contribution in [3.63, 3.8) is 0 Å². The van der Waals surface area contributed by atoms with Gasteiger partial charge in [0, 0.05) is 12.5 Å². The zero-order valence-electron chi connectivity index (χ0n) is 22.1. The highest BCUT2D eigenvalue weighted by Gasteiger charge is 2.30. The number of carboxylic acid groups (broad SMARTS) is 1. The Hall–Kier alpha value is -5.12. The van der Waals surface area contributed by atoms with Gasteiger partial charge >= 0.3 is 18.2 Å². The average Bonchev–Trinajstić information content (AvgIpc) is 3.61. The highest BCUT2D eigenvalue weighted by Crippen LogP contribution is 2.44. The van der Waals surface area contributed by atoms with E-state index in [0.717, 1.165) is 34.1 Å². The summed E-state index contributed by atoms with van der Waals surface area (Å²) in [7, 11) is 0. The van der Waals surface area contributed by atoms with E-state index in [1.807, 2.05) is 66.7 Å². The van der Waals surface area contributed by atoms with Crippen LogP contribution in [0.4, 0.5) is 9.59 Å². The fraction of sp³-hybridized carbons (Fsp3) is 0.226. The van der Waals surface area contributed by atoms with Gasteiger partial charge in [-0.15, -0.1) is 0 Å². The zero-order chi connectivity index (χ0) is 28.6. The third-order valence-corrected chi connectivity index (χ3v) is 6.83. The van der Waals surface area contributed by atoms with E-state index in [0.29, 0.717) is 12.8 Å². The number of fused-ring (bicyclic) bond motifs is 3. The minimum absolute atomic E-state index is 0.0301. The van der Waals surface area contributed by atoms with Gasteiger partial charge < -0.3 is 29.6 Å². The number of rotatable bonds is 11. The summed E-state index contributed by atoms with van der Waals surface area (Å²) in [5.74, 6) is -1.33. The summed E-state index contributed by atoms with van der Waals surface area (Å²) in [5, 5.41) is 14.6. The first-order valence-electron chi connectivity index (χ1n) is 13.2. The van der Waals surface area contributed by atoms with Gasteiger partial charge in [0.2, 0.25) is 5.89 Å². The van der Waals surface area contributed by atoms with E-state index in [9.17, 15) is 19.5 Å². The second-order valence-electron chi connectivity index (χ2n) is 9.53. The van der Waals surface area contributed by atoms with Crippen LogP contribution in [0.5, 0.6) is 0 Å². The summed E-state index contributed by atoms with van der Waals surface area (Å²) in [5.41, 5.74) is 5.00. The van der Waals surface area contributed by atoms with Crippen molar-refractivity contribution in [2.24, 2.45) is 0 Å². The van der Waals surface area contributed by atoms with Crippen molar-refractivity contribution in [2.75, 3.05) is 13.2 Å². The van der Waals surface area contributed by atoms with E-state index in [1.54, 1.807) is 0 Å². The van der Waals surface area contributed by atoms with E-state index < -0.39 is 24.2 Å². The number of amides is 2. The summed E-state index contributed by atoms with van der Waals surface area (Å²) >= 11 is 0. The molecule has 1 atom stereocenters. The number of carboxylic acids is 1. The minimum atomic E-state index is -1.25. The second-order valence-corrected chi connectivity index (χ2v) is 9.53. The molecule has 0 aliphatic heterocycles. The number of nitrogens with zero attached hydrogens (tertiary/aromatic N) is 1. The lowest BCUT2D eigenvalue weighted by atomic mass is 9.98. The van der Waals surface area contributed by atoms with E-state index in [-0.39, 0.29) is 37.3 Å². The molecule has 0 fully saturated rings. The number of oxazole rings is 1. The van der Waals surface area contributed by atoms with E-state index in [2.05, 4.69) is 27.8 Å². The van der Waals surface area contributed by atoms with E-state index in [4.69, 9.17) is 13.9 Å². The molecule has 1 aliphatic rings. The van der Waals surface area contributed by atoms with Crippen molar-refractivity contribution in [1.29, 1.82) is 0 Å². The summed E-state index contributed by atoms with van der Waals surface area (Å²) in [6.07, 6.45) is 0.465. The Morgan fingerprint density at radius 3 is 2.20 bits per heavy atom. The maximum absolute atomic E-state index is 12.9. The second kappa shape index (κ2) is 12.8. The molecule has 3 N–H and O–H groups in total. The van der Waals surface area contributed by atoms with Crippen molar-refractivity contribution in [2.45, 2.75) is 31.4 Å². The Bertz CT molecular complexity index is 1470. The number of hydrogen-bond donors (Lipinski definition) is 3. The third-order valence-electron chi connectivity index (χ3n) is 6.83. The molecule has 0 radical (unpaired) electrons. The molecule has 0 bridgehead atoms. The van der Waals surface area contributed by atoms with E-state index in [1.165, 1.54) is 0 Å². The van der Waals surface area contributed by atoms with Crippen LogP contribution in [-0.4, -0.2) is 41.4 Å². The van der Waals surface area contributed by atoms with Crippen molar-refractivity contribution < 1.29 is 33.4 Å². The molecule has 2 amide bonds. The maximum atomic E-state index is 12.9. The van der Waals surface area contributed by atoms with E-state index >= 15 is 0 Å². The van der Waals surface area contributed by atoms with Crippen LogP contribution >= 0.6 is 0 Å². The molecular weight excluding hydrogens is 526 g/mol. The van der Waals surface area contributed by atoms with Gasteiger partial charge in [-0.25, -0.2) is 19.4 Å². The number of ether oxygens (including phenoxy) is 2. The average molecular weight is 556 g/mol. The molecule has 5 rings (SSSR count). The Morgan fingerprint density at radius 2 is 1.54 bits per heavy atom. The van der Waals surface area contributed by atoms with Gasteiger partial charge in [0.25, 0.3) is 0 Å². The van der Waals surface area contributed by atoms with Crippen LogP contribution < -0.4 is 10.6 Å². The molecule has 0 saturated heterocycles.